The van der Waals surface area contributed by atoms with Gasteiger partial charge in [0, 0.05) is 23.5 Å². The quantitative estimate of drug-likeness (QED) is 0.909. The molecule has 1 aliphatic heterocycles. The average molecular weight is 330 g/mol. The van der Waals surface area contributed by atoms with Crippen LogP contribution in [0.1, 0.15) is 16.1 Å². The molecular weight excluding hydrogens is 317 g/mol. The Morgan fingerprint density at radius 2 is 2.17 bits per heavy atom. The Morgan fingerprint density at radius 1 is 1.30 bits per heavy atom. The monoisotopic (exact) mass is 329 g/mol. The number of carbonyl (C=O) groups excluding carboxylic acids is 1. The molecule has 6 heteroatoms. The zero-order chi connectivity index (χ0) is 16.2. The molecule has 1 aliphatic rings. The molecule has 23 heavy (non-hydrogen) atoms. The van der Waals surface area contributed by atoms with Crippen molar-refractivity contribution >= 4 is 23.1 Å². The second kappa shape index (κ2) is 6.62. The molecule has 1 atom stereocenters. The number of pyridine rings is 1. The first kappa shape index (κ1) is 15.2. The number of allylic oxidation sites excluding steroid dienone is 2. The minimum absolute atomic E-state index is 0.0814. The number of carbonyl (C=O) groups is 1. The third-order valence-corrected chi connectivity index (χ3v) is 3.61. The molecule has 0 saturated carbocycles. The second-order valence-electron chi connectivity index (χ2n) is 4.92. The van der Waals surface area contributed by atoms with Gasteiger partial charge in [-0.3, -0.25) is 9.78 Å². The van der Waals surface area contributed by atoms with Crippen molar-refractivity contribution in [1.82, 2.24) is 15.6 Å². The molecule has 1 aromatic carbocycles. The molecular formula is C17H13ClFN3O. The predicted octanol–water partition coefficient (Wildman–Crippen LogP) is 3.13. The fourth-order valence-corrected chi connectivity index (χ4v) is 2.31. The van der Waals surface area contributed by atoms with E-state index in [1.165, 1.54) is 18.2 Å². The summed E-state index contributed by atoms with van der Waals surface area (Å²) in [5.74, 6) is -0.898. The van der Waals surface area contributed by atoms with Gasteiger partial charge in [0.2, 0.25) is 0 Å². The van der Waals surface area contributed by atoms with Crippen LogP contribution in [0.4, 0.5) is 4.39 Å². The van der Waals surface area contributed by atoms with Crippen molar-refractivity contribution in [3.05, 3.63) is 83.0 Å². The van der Waals surface area contributed by atoms with Crippen LogP contribution in [0.15, 0.2) is 60.9 Å². The van der Waals surface area contributed by atoms with Crippen molar-refractivity contribution in [2.24, 2.45) is 0 Å². The van der Waals surface area contributed by atoms with Gasteiger partial charge in [0.15, 0.2) is 0 Å². The van der Waals surface area contributed by atoms with Crippen molar-refractivity contribution in [2.45, 2.75) is 6.17 Å². The van der Waals surface area contributed by atoms with Crippen LogP contribution in [0.5, 0.6) is 0 Å². The maximum atomic E-state index is 13.1. The first-order chi connectivity index (χ1) is 11.1. The maximum absolute atomic E-state index is 13.1. The van der Waals surface area contributed by atoms with Crippen molar-refractivity contribution < 1.29 is 9.18 Å². The van der Waals surface area contributed by atoms with Crippen molar-refractivity contribution in [2.75, 3.05) is 0 Å². The number of dihydropyridines is 1. The molecule has 0 fully saturated rings. The molecule has 0 spiro atoms. The lowest BCUT2D eigenvalue weighted by molar-refractivity contribution is 0.0941. The highest BCUT2D eigenvalue weighted by Gasteiger charge is 2.14. The summed E-state index contributed by atoms with van der Waals surface area (Å²) in [6, 6.07) is 9.51. The molecule has 4 nitrogen and oxygen atoms in total. The van der Waals surface area contributed by atoms with E-state index in [2.05, 4.69) is 15.6 Å². The SMILES string of the molecule is O=C(NC1C=CC(c2ccccn2)=CN1)c1ccc(F)c(Cl)c1. The smallest absolute Gasteiger partial charge is 0.253 e. The van der Waals surface area contributed by atoms with Crippen LogP contribution in [0.2, 0.25) is 5.02 Å². The maximum Gasteiger partial charge on any atom is 0.253 e. The van der Waals surface area contributed by atoms with Gasteiger partial charge in [0.05, 0.1) is 10.7 Å². The van der Waals surface area contributed by atoms with Crippen molar-refractivity contribution in [3.8, 4) is 0 Å². The minimum Gasteiger partial charge on any atom is -0.367 e. The Balaban J connectivity index is 1.65. The van der Waals surface area contributed by atoms with E-state index in [0.717, 1.165) is 11.3 Å². The Labute approximate surface area is 137 Å². The van der Waals surface area contributed by atoms with Crippen LogP contribution in [0.3, 0.4) is 0 Å². The second-order valence-corrected chi connectivity index (χ2v) is 5.33. The van der Waals surface area contributed by atoms with E-state index in [4.69, 9.17) is 11.6 Å². The van der Waals surface area contributed by atoms with E-state index >= 15 is 0 Å². The van der Waals surface area contributed by atoms with Gasteiger partial charge in [-0.25, -0.2) is 4.39 Å². The van der Waals surface area contributed by atoms with Crippen LogP contribution in [0.25, 0.3) is 5.57 Å². The van der Waals surface area contributed by atoms with Crippen LogP contribution in [-0.2, 0) is 0 Å². The summed E-state index contributed by atoms with van der Waals surface area (Å²) < 4.78 is 13.1. The number of aromatic nitrogens is 1. The zero-order valence-electron chi connectivity index (χ0n) is 12.0. The first-order valence-corrected chi connectivity index (χ1v) is 7.33. The summed E-state index contributed by atoms with van der Waals surface area (Å²) in [5.41, 5.74) is 2.05. The third kappa shape index (κ3) is 3.57. The lowest BCUT2D eigenvalue weighted by Crippen LogP contribution is -2.42. The van der Waals surface area contributed by atoms with Gasteiger partial charge >= 0.3 is 0 Å². The van der Waals surface area contributed by atoms with Gasteiger partial charge in [0.25, 0.3) is 5.91 Å². The molecule has 0 aliphatic carbocycles. The number of benzene rings is 1. The fraction of sp³-hybridized carbons (Fsp3) is 0.0588. The minimum atomic E-state index is -0.554. The molecule has 116 valence electrons. The highest BCUT2D eigenvalue weighted by Crippen LogP contribution is 2.17. The van der Waals surface area contributed by atoms with Gasteiger partial charge in [-0.05, 0) is 36.4 Å². The molecule has 2 aromatic rings. The molecule has 1 amide bonds. The first-order valence-electron chi connectivity index (χ1n) is 6.95. The van der Waals surface area contributed by atoms with Crippen LogP contribution in [-0.4, -0.2) is 17.1 Å². The summed E-state index contributed by atoms with van der Waals surface area (Å²) >= 11 is 5.69. The number of nitrogens with one attached hydrogen (secondary N) is 2. The van der Waals surface area contributed by atoms with E-state index in [-0.39, 0.29) is 17.1 Å². The Kier molecular flexibility index (Phi) is 4.39. The molecule has 0 bridgehead atoms. The molecule has 3 rings (SSSR count). The summed E-state index contributed by atoms with van der Waals surface area (Å²) in [4.78, 5) is 16.4. The van der Waals surface area contributed by atoms with Crippen molar-refractivity contribution in [3.63, 3.8) is 0 Å². The summed E-state index contributed by atoms with van der Waals surface area (Å²) in [5, 5.41) is 5.76. The summed E-state index contributed by atoms with van der Waals surface area (Å²) in [6.07, 6.45) is 6.83. The lowest BCUT2D eigenvalue weighted by atomic mass is 10.1. The number of amides is 1. The largest absolute Gasteiger partial charge is 0.367 e. The van der Waals surface area contributed by atoms with E-state index in [1.807, 2.05) is 30.4 Å². The summed E-state index contributed by atoms with van der Waals surface area (Å²) in [6.45, 7) is 0. The standard InChI is InChI=1S/C17H13ClFN3O/c18-13-9-11(4-6-14(13)19)17(23)22-16-7-5-12(10-21-16)15-3-1-2-8-20-15/h1-10,16,21H,(H,22,23). The highest BCUT2D eigenvalue weighted by molar-refractivity contribution is 6.31. The normalized spacial score (nSPS) is 16.4. The topological polar surface area (TPSA) is 54.0 Å². The number of nitrogens with zero attached hydrogens (tertiary/aromatic N) is 1. The van der Waals surface area contributed by atoms with Gasteiger partial charge in [0.1, 0.15) is 12.0 Å². The van der Waals surface area contributed by atoms with Crippen LogP contribution >= 0.6 is 11.6 Å². The molecule has 1 unspecified atom stereocenters. The van der Waals surface area contributed by atoms with E-state index in [0.29, 0.717) is 5.56 Å². The van der Waals surface area contributed by atoms with Gasteiger partial charge in [-0.2, -0.15) is 0 Å². The van der Waals surface area contributed by atoms with Crippen molar-refractivity contribution in [1.29, 1.82) is 0 Å². The number of halogens is 2. The van der Waals surface area contributed by atoms with Gasteiger partial charge in [-0.1, -0.05) is 23.7 Å². The molecule has 0 saturated heterocycles. The molecule has 2 heterocycles. The number of hydrogen-bond acceptors (Lipinski definition) is 3. The highest BCUT2D eigenvalue weighted by atomic mass is 35.5. The van der Waals surface area contributed by atoms with Crippen LogP contribution in [0, 0.1) is 5.82 Å². The average Bonchev–Trinajstić information content (AvgIpc) is 2.59. The van der Waals surface area contributed by atoms with E-state index < -0.39 is 5.82 Å². The molecule has 0 radical (unpaired) electrons. The predicted molar refractivity (Wildman–Crippen MR) is 87.2 cm³/mol. The Hall–Kier alpha value is -2.66. The van der Waals surface area contributed by atoms with E-state index in [1.54, 1.807) is 12.4 Å². The summed E-state index contributed by atoms with van der Waals surface area (Å²) in [7, 11) is 0. The van der Waals surface area contributed by atoms with Gasteiger partial charge < -0.3 is 10.6 Å². The molecule has 2 N–H and O–H groups in total. The lowest BCUT2D eigenvalue weighted by Gasteiger charge is -2.20. The van der Waals surface area contributed by atoms with E-state index in [9.17, 15) is 9.18 Å². The molecule has 1 aromatic heterocycles. The Morgan fingerprint density at radius 3 is 2.83 bits per heavy atom. The zero-order valence-corrected chi connectivity index (χ0v) is 12.7. The van der Waals surface area contributed by atoms with Gasteiger partial charge in [-0.15, -0.1) is 0 Å². The number of hydrogen-bond donors (Lipinski definition) is 2. The Bertz CT molecular complexity index is 790. The van der Waals surface area contributed by atoms with Crippen LogP contribution < -0.4 is 10.6 Å². The number of rotatable bonds is 3. The fourth-order valence-electron chi connectivity index (χ4n) is 2.13. The third-order valence-electron chi connectivity index (χ3n) is 3.32.